The lowest BCUT2D eigenvalue weighted by Gasteiger charge is -2.24. The van der Waals surface area contributed by atoms with Crippen molar-refractivity contribution in [3.63, 3.8) is 0 Å². The lowest BCUT2D eigenvalue weighted by Crippen LogP contribution is -2.35. The van der Waals surface area contributed by atoms with E-state index in [2.05, 4.69) is 23.9 Å². The van der Waals surface area contributed by atoms with E-state index in [1.807, 2.05) is 43.0 Å². The molecule has 0 aliphatic carbocycles. The first kappa shape index (κ1) is 16.2. The van der Waals surface area contributed by atoms with Gasteiger partial charge in [-0.2, -0.15) is 5.10 Å². The molecule has 0 bridgehead atoms. The number of carbonyl (C=O) groups is 1. The third-order valence-corrected chi connectivity index (χ3v) is 3.37. The molecule has 22 heavy (non-hydrogen) atoms. The molecule has 1 amide bonds. The van der Waals surface area contributed by atoms with Crippen molar-refractivity contribution >= 4 is 5.91 Å². The Morgan fingerprint density at radius 2 is 2.14 bits per heavy atom. The van der Waals surface area contributed by atoms with Gasteiger partial charge in [0.2, 0.25) is 0 Å². The zero-order valence-electron chi connectivity index (χ0n) is 13.8. The van der Waals surface area contributed by atoms with E-state index in [1.54, 1.807) is 10.9 Å². The van der Waals surface area contributed by atoms with Crippen LogP contribution in [0, 0.1) is 12.8 Å². The van der Waals surface area contributed by atoms with Crippen LogP contribution in [0.25, 0.3) is 0 Å². The Morgan fingerprint density at radius 1 is 1.36 bits per heavy atom. The molecule has 0 atom stereocenters. The van der Waals surface area contributed by atoms with Crippen LogP contribution in [0.4, 0.5) is 0 Å². The molecule has 2 aromatic heterocycles. The molecular weight excluding hydrogens is 276 g/mol. The first-order valence-corrected chi connectivity index (χ1v) is 7.75. The molecular formula is C17H24N4O. The summed E-state index contributed by atoms with van der Waals surface area (Å²) in [6.45, 7) is 10.0. The Kier molecular flexibility index (Phi) is 5.31. The fraction of sp³-hybridized carbons (Fsp3) is 0.471. The maximum Gasteiger partial charge on any atom is 0.272 e. The Bertz CT molecular complexity index is 619. The third kappa shape index (κ3) is 3.93. The molecule has 0 aromatic carbocycles. The number of nitrogens with zero attached hydrogens (tertiary/aromatic N) is 4. The summed E-state index contributed by atoms with van der Waals surface area (Å²) in [4.78, 5) is 19.1. The van der Waals surface area contributed by atoms with Gasteiger partial charge in [0.15, 0.2) is 0 Å². The summed E-state index contributed by atoms with van der Waals surface area (Å²) >= 11 is 0. The summed E-state index contributed by atoms with van der Waals surface area (Å²) in [5, 5.41) is 4.37. The Hall–Kier alpha value is -2.17. The van der Waals surface area contributed by atoms with Gasteiger partial charge in [-0.1, -0.05) is 19.9 Å². The van der Waals surface area contributed by atoms with Gasteiger partial charge in [-0.05, 0) is 38.0 Å². The molecule has 0 N–H and O–H groups in total. The van der Waals surface area contributed by atoms with Crippen LogP contribution in [0.15, 0.2) is 30.5 Å². The number of amides is 1. The molecule has 2 rings (SSSR count). The van der Waals surface area contributed by atoms with Gasteiger partial charge in [-0.25, -0.2) is 0 Å². The Balaban J connectivity index is 2.26. The number of hydrogen-bond acceptors (Lipinski definition) is 3. The van der Waals surface area contributed by atoms with Crippen molar-refractivity contribution in [1.82, 2.24) is 19.7 Å². The van der Waals surface area contributed by atoms with Gasteiger partial charge in [0.1, 0.15) is 5.69 Å². The van der Waals surface area contributed by atoms with E-state index in [1.165, 1.54) is 0 Å². The minimum atomic E-state index is 0.0156. The molecule has 0 radical (unpaired) electrons. The SMILES string of the molecule is CCn1nc(C)cc1C(=O)N(Cc1ccccn1)CC(C)C. The first-order valence-electron chi connectivity index (χ1n) is 7.75. The quantitative estimate of drug-likeness (QED) is 0.824. The van der Waals surface area contributed by atoms with E-state index in [-0.39, 0.29) is 5.91 Å². The van der Waals surface area contributed by atoms with E-state index in [0.717, 1.165) is 11.4 Å². The molecule has 2 heterocycles. The largest absolute Gasteiger partial charge is 0.331 e. The summed E-state index contributed by atoms with van der Waals surface area (Å²) < 4.78 is 1.77. The summed E-state index contributed by atoms with van der Waals surface area (Å²) in [6.07, 6.45) is 1.76. The van der Waals surface area contributed by atoms with Gasteiger partial charge in [-0.3, -0.25) is 14.5 Å². The Labute approximate surface area is 132 Å². The normalized spacial score (nSPS) is 11.0. The van der Waals surface area contributed by atoms with Gasteiger partial charge in [0.25, 0.3) is 5.91 Å². The molecule has 5 nitrogen and oxygen atoms in total. The van der Waals surface area contributed by atoms with E-state index in [9.17, 15) is 4.79 Å². The van der Waals surface area contributed by atoms with Crippen LogP contribution >= 0.6 is 0 Å². The summed E-state index contributed by atoms with van der Waals surface area (Å²) in [7, 11) is 0. The molecule has 0 saturated heterocycles. The van der Waals surface area contributed by atoms with Crippen molar-refractivity contribution in [2.75, 3.05) is 6.54 Å². The molecule has 118 valence electrons. The van der Waals surface area contributed by atoms with E-state index in [4.69, 9.17) is 0 Å². The second kappa shape index (κ2) is 7.20. The fourth-order valence-electron chi connectivity index (χ4n) is 2.47. The lowest BCUT2D eigenvalue weighted by molar-refractivity contribution is 0.0708. The predicted octanol–water partition coefficient (Wildman–Crippen LogP) is 2.90. The van der Waals surface area contributed by atoms with Crippen LogP contribution in [0.2, 0.25) is 0 Å². The van der Waals surface area contributed by atoms with Crippen molar-refractivity contribution in [3.8, 4) is 0 Å². The molecule has 5 heteroatoms. The second-order valence-electron chi connectivity index (χ2n) is 5.89. The highest BCUT2D eigenvalue weighted by Crippen LogP contribution is 2.13. The van der Waals surface area contributed by atoms with Crippen molar-refractivity contribution in [1.29, 1.82) is 0 Å². The first-order chi connectivity index (χ1) is 10.5. The maximum atomic E-state index is 12.9. The van der Waals surface area contributed by atoms with E-state index < -0.39 is 0 Å². The topological polar surface area (TPSA) is 51.0 Å². The lowest BCUT2D eigenvalue weighted by atomic mass is 10.2. The van der Waals surface area contributed by atoms with Gasteiger partial charge >= 0.3 is 0 Å². The highest BCUT2D eigenvalue weighted by atomic mass is 16.2. The van der Waals surface area contributed by atoms with Crippen LogP contribution < -0.4 is 0 Å². The van der Waals surface area contributed by atoms with Crippen LogP contribution in [0.5, 0.6) is 0 Å². The molecule has 0 fully saturated rings. The van der Waals surface area contributed by atoms with Crippen molar-refractivity contribution in [3.05, 3.63) is 47.5 Å². The van der Waals surface area contributed by atoms with Gasteiger partial charge in [-0.15, -0.1) is 0 Å². The molecule has 0 spiro atoms. The van der Waals surface area contributed by atoms with Crippen LogP contribution in [0.3, 0.4) is 0 Å². The number of aromatic nitrogens is 3. The van der Waals surface area contributed by atoms with Crippen molar-refractivity contribution < 1.29 is 4.79 Å². The van der Waals surface area contributed by atoms with Crippen LogP contribution in [0.1, 0.15) is 42.6 Å². The van der Waals surface area contributed by atoms with Crippen LogP contribution in [-0.2, 0) is 13.1 Å². The number of aryl methyl sites for hydroxylation is 2. The number of pyridine rings is 1. The minimum absolute atomic E-state index is 0.0156. The highest BCUT2D eigenvalue weighted by Gasteiger charge is 2.21. The van der Waals surface area contributed by atoms with Crippen molar-refractivity contribution in [2.45, 2.75) is 40.8 Å². The predicted molar refractivity (Wildman–Crippen MR) is 86.5 cm³/mol. The minimum Gasteiger partial charge on any atom is -0.331 e. The monoisotopic (exact) mass is 300 g/mol. The number of carbonyl (C=O) groups excluding carboxylic acids is 1. The Morgan fingerprint density at radius 3 is 2.73 bits per heavy atom. The van der Waals surface area contributed by atoms with E-state index in [0.29, 0.717) is 31.2 Å². The smallest absolute Gasteiger partial charge is 0.272 e. The number of rotatable bonds is 6. The molecule has 0 aliphatic heterocycles. The van der Waals surface area contributed by atoms with E-state index >= 15 is 0 Å². The average Bonchev–Trinajstić information content (AvgIpc) is 2.87. The highest BCUT2D eigenvalue weighted by molar-refractivity contribution is 5.92. The summed E-state index contributed by atoms with van der Waals surface area (Å²) in [5.41, 5.74) is 2.42. The summed E-state index contributed by atoms with van der Waals surface area (Å²) in [6, 6.07) is 7.63. The average molecular weight is 300 g/mol. The zero-order chi connectivity index (χ0) is 16.1. The van der Waals surface area contributed by atoms with Gasteiger partial charge in [0.05, 0.1) is 17.9 Å². The molecule has 2 aromatic rings. The standard InChI is InChI=1S/C17H24N4O/c1-5-21-16(10-14(4)19-21)17(22)20(11-13(2)3)12-15-8-6-7-9-18-15/h6-10,13H,5,11-12H2,1-4H3. The van der Waals surface area contributed by atoms with Gasteiger partial charge < -0.3 is 4.90 Å². The second-order valence-corrected chi connectivity index (χ2v) is 5.89. The third-order valence-electron chi connectivity index (χ3n) is 3.37. The number of hydrogen-bond donors (Lipinski definition) is 0. The fourth-order valence-corrected chi connectivity index (χ4v) is 2.47. The van der Waals surface area contributed by atoms with Gasteiger partial charge in [0, 0.05) is 19.3 Å². The van der Waals surface area contributed by atoms with Crippen molar-refractivity contribution in [2.24, 2.45) is 5.92 Å². The maximum absolute atomic E-state index is 12.9. The molecule has 0 saturated carbocycles. The zero-order valence-corrected chi connectivity index (χ0v) is 13.8. The van der Waals surface area contributed by atoms with Crippen LogP contribution in [-0.4, -0.2) is 32.1 Å². The summed E-state index contributed by atoms with van der Waals surface area (Å²) in [5.74, 6) is 0.411. The molecule has 0 aliphatic rings. The molecule has 0 unspecified atom stereocenters.